The van der Waals surface area contributed by atoms with Crippen LogP contribution in [0.2, 0.25) is 0 Å². The second kappa shape index (κ2) is 8.86. The third kappa shape index (κ3) is 6.34. The average molecular weight is 368 g/mol. The molecule has 0 bridgehead atoms. The second-order valence-electron chi connectivity index (χ2n) is 5.12. The molecular weight excluding hydrogens is 348 g/mol. The highest BCUT2D eigenvalue weighted by Crippen LogP contribution is 2.10. The summed E-state index contributed by atoms with van der Waals surface area (Å²) in [5, 5.41) is 11.7. The van der Waals surface area contributed by atoms with Crippen molar-refractivity contribution < 1.29 is 13.2 Å². The number of benzene rings is 1. The van der Waals surface area contributed by atoms with E-state index in [1.165, 1.54) is 22.6 Å². The molecule has 1 heterocycles. The van der Waals surface area contributed by atoms with Gasteiger partial charge in [0.1, 0.15) is 4.90 Å². The standard InChI is InChI=1S/C15H20N4O3S2/c16-24(21,22)14-10-18-19(11-14)8-6-15(20)17-7-9-23-12-13-4-2-1-3-5-13/h1-5,10-11H,6-9,12H2,(H,17,20)(H2,16,21,22). The summed E-state index contributed by atoms with van der Waals surface area (Å²) in [5.74, 6) is 1.65. The number of nitrogens with two attached hydrogens (primary N) is 1. The van der Waals surface area contributed by atoms with E-state index in [1.54, 1.807) is 11.8 Å². The highest BCUT2D eigenvalue weighted by Gasteiger charge is 2.11. The Morgan fingerprint density at radius 1 is 1.29 bits per heavy atom. The van der Waals surface area contributed by atoms with Crippen LogP contribution in [0, 0.1) is 0 Å². The summed E-state index contributed by atoms with van der Waals surface area (Å²) in [5.41, 5.74) is 1.26. The molecule has 130 valence electrons. The molecule has 0 unspecified atom stereocenters. The van der Waals surface area contributed by atoms with Crippen molar-refractivity contribution in [2.24, 2.45) is 5.14 Å². The molecule has 0 radical (unpaired) electrons. The Kier molecular flexibility index (Phi) is 6.83. The lowest BCUT2D eigenvalue weighted by atomic mass is 10.2. The van der Waals surface area contributed by atoms with Gasteiger partial charge in [0.15, 0.2) is 0 Å². The monoisotopic (exact) mass is 368 g/mol. The number of primary sulfonamides is 1. The fraction of sp³-hybridized carbons (Fsp3) is 0.333. The van der Waals surface area contributed by atoms with Gasteiger partial charge in [-0.2, -0.15) is 16.9 Å². The molecule has 2 rings (SSSR count). The van der Waals surface area contributed by atoms with Gasteiger partial charge in [-0.3, -0.25) is 9.48 Å². The first kappa shape index (κ1) is 18.5. The van der Waals surface area contributed by atoms with E-state index >= 15 is 0 Å². The summed E-state index contributed by atoms with van der Waals surface area (Å²) < 4.78 is 23.7. The third-order valence-electron chi connectivity index (χ3n) is 3.19. The van der Waals surface area contributed by atoms with Gasteiger partial charge in [0.25, 0.3) is 0 Å². The quantitative estimate of drug-likeness (QED) is 0.641. The molecular formula is C15H20N4O3S2. The Balaban J connectivity index is 1.61. The van der Waals surface area contributed by atoms with Crippen molar-refractivity contribution >= 4 is 27.7 Å². The minimum Gasteiger partial charge on any atom is -0.355 e. The zero-order chi connectivity index (χ0) is 17.4. The van der Waals surface area contributed by atoms with Gasteiger partial charge in [-0.1, -0.05) is 30.3 Å². The molecule has 0 aliphatic heterocycles. The lowest BCUT2D eigenvalue weighted by Crippen LogP contribution is -2.26. The van der Waals surface area contributed by atoms with Crippen molar-refractivity contribution in [1.82, 2.24) is 15.1 Å². The van der Waals surface area contributed by atoms with Crippen LogP contribution in [0.15, 0.2) is 47.6 Å². The predicted molar refractivity (Wildman–Crippen MR) is 93.8 cm³/mol. The molecule has 0 aliphatic rings. The zero-order valence-electron chi connectivity index (χ0n) is 13.1. The highest BCUT2D eigenvalue weighted by atomic mass is 32.2. The van der Waals surface area contributed by atoms with Gasteiger partial charge in [0.05, 0.1) is 6.20 Å². The number of nitrogens with zero attached hydrogens (tertiary/aromatic N) is 2. The van der Waals surface area contributed by atoms with E-state index in [-0.39, 0.29) is 17.2 Å². The van der Waals surface area contributed by atoms with E-state index < -0.39 is 10.0 Å². The number of nitrogens with one attached hydrogen (secondary N) is 1. The molecule has 1 aromatic heterocycles. The number of hydrogen-bond donors (Lipinski definition) is 2. The summed E-state index contributed by atoms with van der Waals surface area (Å²) >= 11 is 1.76. The van der Waals surface area contributed by atoms with Crippen molar-refractivity contribution in [2.75, 3.05) is 12.3 Å². The number of carbonyl (C=O) groups excluding carboxylic acids is 1. The minimum atomic E-state index is -3.75. The maximum absolute atomic E-state index is 11.7. The fourth-order valence-electron chi connectivity index (χ4n) is 1.95. The van der Waals surface area contributed by atoms with Crippen molar-refractivity contribution in [3.63, 3.8) is 0 Å². The van der Waals surface area contributed by atoms with E-state index in [9.17, 15) is 13.2 Å². The maximum Gasteiger partial charge on any atom is 0.241 e. The Morgan fingerprint density at radius 2 is 2.04 bits per heavy atom. The van der Waals surface area contributed by atoms with Crippen molar-refractivity contribution in [1.29, 1.82) is 0 Å². The Bertz CT molecular complexity index is 760. The molecule has 2 aromatic rings. The molecule has 7 nitrogen and oxygen atoms in total. The molecule has 0 saturated heterocycles. The van der Waals surface area contributed by atoms with Crippen LogP contribution in [-0.2, 0) is 27.1 Å². The number of thioether (sulfide) groups is 1. The Hall–Kier alpha value is -1.84. The molecule has 9 heteroatoms. The maximum atomic E-state index is 11.7. The van der Waals surface area contributed by atoms with Crippen molar-refractivity contribution in [3.05, 3.63) is 48.3 Å². The molecule has 1 amide bonds. The van der Waals surface area contributed by atoms with E-state index in [1.807, 2.05) is 18.2 Å². The summed E-state index contributed by atoms with van der Waals surface area (Å²) in [6.07, 6.45) is 2.72. The van der Waals surface area contributed by atoms with Crippen LogP contribution in [0.5, 0.6) is 0 Å². The first-order chi connectivity index (χ1) is 11.4. The van der Waals surface area contributed by atoms with Gasteiger partial charge in [-0.25, -0.2) is 13.6 Å². The van der Waals surface area contributed by atoms with Crippen LogP contribution in [0.3, 0.4) is 0 Å². The van der Waals surface area contributed by atoms with Gasteiger partial charge in [0.2, 0.25) is 15.9 Å². The Labute approximate surface area is 145 Å². The van der Waals surface area contributed by atoms with Crippen LogP contribution in [0.4, 0.5) is 0 Å². The van der Waals surface area contributed by atoms with E-state index in [4.69, 9.17) is 5.14 Å². The number of rotatable bonds is 9. The van der Waals surface area contributed by atoms with E-state index in [0.717, 1.165) is 11.5 Å². The van der Waals surface area contributed by atoms with Gasteiger partial charge in [-0.05, 0) is 5.56 Å². The van der Waals surface area contributed by atoms with Crippen LogP contribution in [0.25, 0.3) is 0 Å². The number of aromatic nitrogens is 2. The number of amides is 1. The number of aryl methyl sites for hydroxylation is 1. The molecule has 0 fully saturated rings. The molecule has 3 N–H and O–H groups in total. The molecule has 0 aliphatic carbocycles. The van der Waals surface area contributed by atoms with Crippen LogP contribution in [0.1, 0.15) is 12.0 Å². The topological polar surface area (TPSA) is 107 Å². The predicted octanol–water partition coefficient (Wildman–Crippen LogP) is 0.970. The number of carbonyl (C=O) groups is 1. The lowest BCUT2D eigenvalue weighted by molar-refractivity contribution is -0.121. The summed E-state index contributed by atoms with van der Waals surface area (Å²) in [4.78, 5) is 11.7. The Morgan fingerprint density at radius 3 is 2.71 bits per heavy atom. The van der Waals surface area contributed by atoms with Gasteiger partial charge >= 0.3 is 0 Å². The summed E-state index contributed by atoms with van der Waals surface area (Å²) in [7, 11) is -3.75. The lowest BCUT2D eigenvalue weighted by Gasteiger charge is -2.05. The second-order valence-corrected chi connectivity index (χ2v) is 7.79. The molecule has 1 aromatic carbocycles. The third-order valence-corrected chi connectivity index (χ3v) is 5.08. The SMILES string of the molecule is NS(=O)(=O)c1cnn(CCC(=O)NCCSCc2ccccc2)c1. The van der Waals surface area contributed by atoms with Crippen LogP contribution < -0.4 is 10.5 Å². The minimum absolute atomic E-state index is 0.0554. The highest BCUT2D eigenvalue weighted by molar-refractivity contribution is 7.98. The fourth-order valence-corrected chi connectivity index (χ4v) is 3.23. The smallest absolute Gasteiger partial charge is 0.241 e. The molecule has 0 saturated carbocycles. The number of hydrogen-bond acceptors (Lipinski definition) is 5. The van der Waals surface area contributed by atoms with Crippen LogP contribution >= 0.6 is 11.8 Å². The molecule has 24 heavy (non-hydrogen) atoms. The summed E-state index contributed by atoms with van der Waals surface area (Å²) in [6.45, 7) is 0.899. The summed E-state index contributed by atoms with van der Waals surface area (Å²) in [6, 6.07) is 10.2. The largest absolute Gasteiger partial charge is 0.355 e. The van der Waals surface area contributed by atoms with Gasteiger partial charge < -0.3 is 5.32 Å². The molecule has 0 atom stereocenters. The van der Waals surface area contributed by atoms with Crippen molar-refractivity contribution in [3.8, 4) is 0 Å². The van der Waals surface area contributed by atoms with Gasteiger partial charge in [0, 0.05) is 37.2 Å². The van der Waals surface area contributed by atoms with Gasteiger partial charge in [-0.15, -0.1) is 0 Å². The van der Waals surface area contributed by atoms with E-state index in [0.29, 0.717) is 13.1 Å². The van der Waals surface area contributed by atoms with Crippen molar-refractivity contribution in [2.45, 2.75) is 23.6 Å². The number of sulfonamides is 1. The average Bonchev–Trinajstić information content (AvgIpc) is 3.03. The normalized spacial score (nSPS) is 11.4. The first-order valence-corrected chi connectivity index (χ1v) is 10.1. The van der Waals surface area contributed by atoms with Crippen LogP contribution in [-0.4, -0.2) is 36.4 Å². The first-order valence-electron chi connectivity index (χ1n) is 7.39. The zero-order valence-corrected chi connectivity index (χ0v) is 14.7. The van der Waals surface area contributed by atoms with E-state index in [2.05, 4.69) is 22.5 Å². The molecule has 0 spiro atoms.